The van der Waals surface area contributed by atoms with E-state index >= 15 is 0 Å². The van der Waals surface area contributed by atoms with Crippen LogP contribution in [0.2, 0.25) is 0 Å². The van der Waals surface area contributed by atoms with Crippen LogP contribution < -0.4 is 5.32 Å². The van der Waals surface area contributed by atoms with E-state index in [4.69, 9.17) is 0 Å². The maximum Gasteiger partial charge on any atom is 0.0130 e. The van der Waals surface area contributed by atoms with Crippen LogP contribution in [0.25, 0.3) is 0 Å². The smallest absolute Gasteiger partial charge is 0.0130 e. The van der Waals surface area contributed by atoms with E-state index < -0.39 is 0 Å². The first-order chi connectivity index (χ1) is 6.08. The Morgan fingerprint density at radius 1 is 1.15 bits per heavy atom. The Balaban J connectivity index is 2.07. The van der Waals surface area contributed by atoms with Gasteiger partial charge in [0.15, 0.2) is 0 Å². The molecule has 1 saturated heterocycles. The lowest BCUT2D eigenvalue weighted by molar-refractivity contribution is 0.0836. The lowest BCUT2D eigenvalue weighted by atomic mass is 9.69. The van der Waals surface area contributed by atoms with Gasteiger partial charge in [-0.05, 0) is 44.9 Å². The van der Waals surface area contributed by atoms with Gasteiger partial charge in [-0.2, -0.15) is 0 Å². The van der Waals surface area contributed by atoms with Gasteiger partial charge in [-0.15, -0.1) is 0 Å². The van der Waals surface area contributed by atoms with Crippen molar-refractivity contribution in [2.75, 3.05) is 0 Å². The summed E-state index contributed by atoms with van der Waals surface area (Å²) in [5.41, 5.74) is 0.387. The molecule has 0 bridgehead atoms. The summed E-state index contributed by atoms with van der Waals surface area (Å²) in [7, 11) is 0. The first kappa shape index (κ1) is 9.51. The summed E-state index contributed by atoms with van der Waals surface area (Å²) in [4.78, 5) is 0. The molecule has 1 N–H and O–H groups in total. The van der Waals surface area contributed by atoms with Crippen LogP contribution in [0.15, 0.2) is 0 Å². The molecule has 13 heavy (non-hydrogen) atoms. The van der Waals surface area contributed by atoms with E-state index in [0.29, 0.717) is 5.54 Å². The van der Waals surface area contributed by atoms with E-state index in [1.54, 1.807) is 0 Å². The third kappa shape index (κ3) is 1.90. The van der Waals surface area contributed by atoms with Gasteiger partial charge in [-0.25, -0.2) is 0 Å². The third-order valence-electron chi connectivity index (χ3n) is 3.96. The van der Waals surface area contributed by atoms with Gasteiger partial charge in [0, 0.05) is 11.6 Å². The van der Waals surface area contributed by atoms with Crippen molar-refractivity contribution < 1.29 is 0 Å². The summed E-state index contributed by atoms with van der Waals surface area (Å²) in [6.45, 7) is 7.16. The fraction of sp³-hybridized carbons (Fsp3) is 1.00. The van der Waals surface area contributed by atoms with Gasteiger partial charge in [0.25, 0.3) is 0 Å². The molecule has 3 atom stereocenters. The first-order valence-electron chi connectivity index (χ1n) is 5.86. The highest BCUT2D eigenvalue weighted by Gasteiger charge is 2.39. The topological polar surface area (TPSA) is 12.0 Å². The Morgan fingerprint density at radius 3 is 2.62 bits per heavy atom. The quantitative estimate of drug-likeness (QED) is 0.606. The maximum absolute atomic E-state index is 3.83. The molecule has 2 fully saturated rings. The molecule has 2 aliphatic rings. The van der Waals surface area contributed by atoms with E-state index in [9.17, 15) is 0 Å². The van der Waals surface area contributed by atoms with E-state index in [1.807, 2.05) is 0 Å². The standard InChI is InChI=1S/C12H23N/c1-9-8-12(2,3)13-11-7-5-4-6-10(9)11/h9-11,13H,4-8H2,1-3H3/t9-,10-,11-/m1/s1. The second kappa shape index (κ2) is 3.27. The summed E-state index contributed by atoms with van der Waals surface area (Å²) in [6, 6.07) is 0.826. The highest BCUT2D eigenvalue weighted by Crippen LogP contribution is 2.39. The number of nitrogens with one attached hydrogen (secondary N) is 1. The van der Waals surface area contributed by atoms with Crippen LogP contribution in [0.5, 0.6) is 0 Å². The Hall–Kier alpha value is -0.0400. The number of rotatable bonds is 0. The van der Waals surface area contributed by atoms with E-state index in [-0.39, 0.29) is 0 Å². The second-order valence-electron chi connectivity index (χ2n) is 5.76. The highest BCUT2D eigenvalue weighted by atomic mass is 15.0. The van der Waals surface area contributed by atoms with Gasteiger partial charge in [0.1, 0.15) is 0 Å². The molecule has 2 rings (SSSR count). The zero-order valence-corrected chi connectivity index (χ0v) is 9.27. The predicted octanol–water partition coefficient (Wildman–Crippen LogP) is 2.95. The molecule has 0 aromatic carbocycles. The van der Waals surface area contributed by atoms with Gasteiger partial charge < -0.3 is 5.32 Å². The maximum atomic E-state index is 3.83. The van der Waals surface area contributed by atoms with Gasteiger partial charge >= 0.3 is 0 Å². The van der Waals surface area contributed by atoms with E-state index in [1.165, 1.54) is 32.1 Å². The zero-order valence-electron chi connectivity index (χ0n) is 9.27. The summed E-state index contributed by atoms with van der Waals surface area (Å²) in [5, 5.41) is 3.83. The molecule has 0 aromatic heterocycles. The minimum Gasteiger partial charge on any atom is -0.309 e. The van der Waals surface area contributed by atoms with Gasteiger partial charge in [-0.1, -0.05) is 19.8 Å². The lowest BCUT2D eigenvalue weighted by Crippen LogP contribution is -2.57. The highest BCUT2D eigenvalue weighted by molar-refractivity contribution is 4.96. The molecule has 76 valence electrons. The molecule has 0 radical (unpaired) electrons. The Morgan fingerprint density at radius 2 is 1.85 bits per heavy atom. The Kier molecular flexibility index (Phi) is 2.39. The fourth-order valence-corrected chi connectivity index (χ4v) is 3.54. The average Bonchev–Trinajstić information content (AvgIpc) is 2.02. The lowest BCUT2D eigenvalue weighted by Gasteiger charge is -2.48. The number of piperidine rings is 1. The van der Waals surface area contributed by atoms with Crippen molar-refractivity contribution in [2.45, 2.75) is 64.5 Å². The Bertz CT molecular complexity index is 186. The summed E-state index contributed by atoms with van der Waals surface area (Å²) in [6.07, 6.45) is 7.14. The number of hydrogen-bond donors (Lipinski definition) is 1. The molecule has 1 nitrogen and oxygen atoms in total. The Labute approximate surface area is 82.3 Å². The molecular weight excluding hydrogens is 158 g/mol. The molecule has 1 heterocycles. The molecule has 0 spiro atoms. The monoisotopic (exact) mass is 181 g/mol. The predicted molar refractivity (Wildman–Crippen MR) is 56.7 cm³/mol. The van der Waals surface area contributed by atoms with Crippen LogP contribution >= 0.6 is 0 Å². The first-order valence-corrected chi connectivity index (χ1v) is 5.86. The summed E-state index contributed by atoms with van der Waals surface area (Å²) >= 11 is 0. The van der Waals surface area contributed by atoms with Crippen LogP contribution in [-0.2, 0) is 0 Å². The van der Waals surface area contributed by atoms with Crippen molar-refractivity contribution >= 4 is 0 Å². The third-order valence-corrected chi connectivity index (χ3v) is 3.96. The van der Waals surface area contributed by atoms with Gasteiger partial charge in [0.2, 0.25) is 0 Å². The van der Waals surface area contributed by atoms with E-state index in [2.05, 4.69) is 26.1 Å². The molecular formula is C12H23N. The number of fused-ring (bicyclic) bond motifs is 1. The van der Waals surface area contributed by atoms with Crippen molar-refractivity contribution in [3.63, 3.8) is 0 Å². The summed E-state index contributed by atoms with van der Waals surface area (Å²) in [5.74, 6) is 1.91. The minimum atomic E-state index is 0.387. The summed E-state index contributed by atoms with van der Waals surface area (Å²) < 4.78 is 0. The van der Waals surface area contributed by atoms with Crippen LogP contribution in [0.3, 0.4) is 0 Å². The van der Waals surface area contributed by atoms with Gasteiger partial charge in [-0.3, -0.25) is 0 Å². The van der Waals surface area contributed by atoms with Crippen LogP contribution in [0, 0.1) is 11.8 Å². The SMILES string of the molecule is C[C@@H]1CC(C)(C)N[C@@H]2CCCC[C@H]12. The normalized spacial score (nSPS) is 44.1. The van der Waals surface area contributed by atoms with Crippen molar-refractivity contribution in [2.24, 2.45) is 11.8 Å². The van der Waals surface area contributed by atoms with Crippen molar-refractivity contribution in [1.82, 2.24) is 5.32 Å². The minimum absolute atomic E-state index is 0.387. The van der Waals surface area contributed by atoms with Crippen LogP contribution in [-0.4, -0.2) is 11.6 Å². The van der Waals surface area contributed by atoms with E-state index in [0.717, 1.165) is 17.9 Å². The molecule has 0 aromatic rings. The molecule has 0 unspecified atom stereocenters. The molecule has 0 amide bonds. The molecule has 1 aliphatic heterocycles. The average molecular weight is 181 g/mol. The fourth-order valence-electron chi connectivity index (χ4n) is 3.54. The number of hydrogen-bond acceptors (Lipinski definition) is 1. The molecule has 1 saturated carbocycles. The van der Waals surface area contributed by atoms with Crippen molar-refractivity contribution in [3.8, 4) is 0 Å². The molecule has 1 aliphatic carbocycles. The largest absolute Gasteiger partial charge is 0.309 e. The van der Waals surface area contributed by atoms with Crippen molar-refractivity contribution in [3.05, 3.63) is 0 Å². The van der Waals surface area contributed by atoms with Gasteiger partial charge in [0.05, 0.1) is 0 Å². The van der Waals surface area contributed by atoms with Crippen LogP contribution in [0.4, 0.5) is 0 Å². The second-order valence-corrected chi connectivity index (χ2v) is 5.76. The van der Waals surface area contributed by atoms with Crippen LogP contribution in [0.1, 0.15) is 52.9 Å². The molecule has 1 heteroatoms. The zero-order chi connectivity index (χ0) is 9.47. The van der Waals surface area contributed by atoms with Crippen molar-refractivity contribution in [1.29, 1.82) is 0 Å².